The third-order valence-corrected chi connectivity index (χ3v) is 4.08. The Morgan fingerprint density at radius 1 is 1.15 bits per heavy atom. The number of nitrogens with two attached hydrogens (primary N) is 2. The van der Waals surface area contributed by atoms with Gasteiger partial charge in [-0.15, -0.1) is 0 Å². The van der Waals surface area contributed by atoms with Crippen LogP contribution in [-0.2, 0) is 14.5 Å². The molecule has 0 spiro atoms. The molecule has 0 bridgehead atoms. The summed E-state index contributed by atoms with van der Waals surface area (Å²) in [6.07, 6.45) is 0. The molecule has 0 aromatic rings. The molecule has 0 aliphatic carbocycles. The predicted molar refractivity (Wildman–Crippen MR) is 107 cm³/mol. The second kappa shape index (κ2) is 16.2. The van der Waals surface area contributed by atoms with Gasteiger partial charge in [0, 0.05) is 18.6 Å². The van der Waals surface area contributed by atoms with Crippen LogP contribution < -0.4 is 22.3 Å². The van der Waals surface area contributed by atoms with Crippen molar-refractivity contribution in [2.45, 2.75) is 12.1 Å². The van der Waals surface area contributed by atoms with Crippen LogP contribution >= 0.6 is 81.5 Å². The molecular weight excluding hydrogens is 684 g/mol. The van der Waals surface area contributed by atoms with Crippen LogP contribution in [0.5, 0.6) is 0 Å². The second-order valence-electron chi connectivity index (χ2n) is 3.06. The second-order valence-corrected chi connectivity index (χ2v) is 41.0. The molecule has 0 rings (SSSR count). The van der Waals surface area contributed by atoms with Gasteiger partial charge in [0.15, 0.2) is 0 Å². The summed E-state index contributed by atoms with van der Waals surface area (Å²) in [6, 6.07) is -1.36. The van der Waals surface area contributed by atoms with Crippen LogP contribution in [0.1, 0.15) is 0 Å². The molecule has 2 atom stereocenters. The third kappa shape index (κ3) is 16.7. The number of rotatable bonds is 7. The van der Waals surface area contributed by atoms with Gasteiger partial charge in [-0.25, -0.2) is 5.48 Å². The van der Waals surface area contributed by atoms with Gasteiger partial charge in [-0.05, 0) is 0 Å². The van der Waals surface area contributed by atoms with Crippen LogP contribution in [0.3, 0.4) is 0 Å². The Bertz CT molecular complexity index is 267. The molecule has 7 nitrogen and oxygen atoms in total. The average molecular weight is 700 g/mol. The summed E-state index contributed by atoms with van der Waals surface area (Å²) < 4.78 is 0. The number of likely N-dealkylation sites (N-methyl/N-ethyl adjacent to an activating group) is 1. The van der Waals surface area contributed by atoms with Crippen LogP contribution in [0, 0.1) is 0 Å². The standard InChI is InChI=1S/C7H16N4O3S2.3HI.V/c1-10-6(12)4(8)2-15-16-3-5(9)7(13)11-14;;;;/h4-5,14H,2-3,8-9H2,1H3,(H,10,12)(H,11,13);3*1H;/q;;;;+3/p-3/t4-,5-;;;;/m0..../s1. The summed E-state index contributed by atoms with van der Waals surface area (Å²) in [5.41, 5.74) is 12.4. The van der Waals surface area contributed by atoms with E-state index in [-0.39, 0.29) is 10.8 Å². The van der Waals surface area contributed by atoms with Crippen molar-refractivity contribution in [3.05, 3.63) is 0 Å². The molecule has 0 aromatic carbocycles. The average Bonchev–Trinajstić information content (AvgIpc) is 2.40. The zero-order valence-corrected chi connectivity index (χ0v) is 19.9. The minimum atomic E-state index is -0.779. The molecule has 0 saturated carbocycles. The Balaban J connectivity index is 0. The van der Waals surface area contributed by atoms with Gasteiger partial charge in [0.25, 0.3) is 5.91 Å². The van der Waals surface area contributed by atoms with Gasteiger partial charge in [0.05, 0.1) is 12.1 Å². The number of carbonyl (C=O) groups excluding carboxylic acids is 2. The molecule has 7 N–H and O–H groups in total. The molecule has 0 aliphatic rings. The van der Waals surface area contributed by atoms with E-state index in [0.29, 0.717) is 11.5 Å². The number of carbonyl (C=O) groups is 2. The van der Waals surface area contributed by atoms with Crippen molar-refractivity contribution in [3.8, 4) is 0 Å². The van der Waals surface area contributed by atoms with E-state index in [1.165, 1.54) is 34.1 Å². The molecule has 0 radical (unpaired) electrons. The van der Waals surface area contributed by atoms with E-state index < -0.39 is 18.0 Å². The molecule has 0 saturated heterocycles. The topological polar surface area (TPSA) is 130 Å². The van der Waals surface area contributed by atoms with Crippen molar-refractivity contribution < 1.29 is 19.7 Å². The predicted octanol–water partition coefficient (Wildman–Crippen LogP) is 0.928. The number of halogens is 3. The van der Waals surface area contributed by atoms with E-state index in [9.17, 15) is 9.59 Å². The summed E-state index contributed by atoms with van der Waals surface area (Å²) in [5.74, 6) is -0.107. The van der Waals surface area contributed by atoms with Gasteiger partial charge in [0.1, 0.15) is 0 Å². The molecule has 0 aromatic heterocycles. The minimum absolute atomic E-state index is 0.231. The number of amides is 2. The SMILES string of the molecule is CNC(=O)[C@@H](N)CSSC[C@H](N)C(=O)NO.[I][V]([I])[I]. The van der Waals surface area contributed by atoms with E-state index >= 15 is 0 Å². The van der Waals surface area contributed by atoms with Crippen molar-refractivity contribution in [2.75, 3.05) is 18.6 Å². The quantitative estimate of drug-likeness (QED) is 0.0880. The fraction of sp³-hybridized carbons (Fsp3) is 0.714. The van der Waals surface area contributed by atoms with Gasteiger partial charge in [-0.2, -0.15) is 0 Å². The molecule has 120 valence electrons. The number of hydrogen-bond acceptors (Lipinski definition) is 7. The summed E-state index contributed by atoms with van der Waals surface area (Å²) >= 11 is 7.39. The first-order chi connectivity index (χ1) is 9.26. The van der Waals surface area contributed by atoms with Crippen LogP contribution in [0.4, 0.5) is 0 Å². The molecule has 0 fully saturated rings. The maximum atomic E-state index is 11.0. The molecule has 20 heavy (non-hydrogen) atoms. The van der Waals surface area contributed by atoms with Gasteiger partial charge in [0.2, 0.25) is 5.91 Å². The Kier molecular flexibility index (Phi) is 19.8. The summed E-state index contributed by atoms with van der Waals surface area (Å²) in [6.45, 7) is 0. The van der Waals surface area contributed by atoms with Crippen LogP contribution in [-0.4, -0.2) is 47.7 Å². The fourth-order valence-corrected chi connectivity index (χ4v) is 2.91. The zero-order chi connectivity index (χ0) is 16.1. The monoisotopic (exact) mass is 700 g/mol. The first-order valence-corrected chi connectivity index (χ1v) is 20.9. The number of hydroxylamine groups is 1. The van der Waals surface area contributed by atoms with Gasteiger partial charge < -0.3 is 16.8 Å². The van der Waals surface area contributed by atoms with Crippen LogP contribution in [0.25, 0.3) is 0 Å². The van der Waals surface area contributed by atoms with E-state index in [4.69, 9.17) is 16.7 Å². The van der Waals surface area contributed by atoms with Crippen molar-refractivity contribution >= 4 is 93.3 Å². The van der Waals surface area contributed by atoms with Gasteiger partial charge in [-0.3, -0.25) is 14.8 Å². The van der Waals surface area contributed by atoms with Crippen molar-refractivity contribution in [2.24, 2.45) is 11.5 Å². The van der Waals surface area contributed by atoms with E-state index in [2.05, 4.69) is 65.3 Å². The van der Waals surface area contributed by atoms with Crippen molar-refractivity contribution in [3.63, 3.8) is 0 Å². The zero-order valence-electron chi connectivity index (χ0n) is 10.4. The fourth-order valence-electron chi connectivity index (χ4n) is 0.663. The normalized spacial score (nSPS) is 13.0. The maximum absolute atomic E-state index is 11.0. The Morgan fingerprint density at radius 2 is 1.50 bits per heavy atom. The molecular formula is C7H16I3N4O3S2V. The Morgan fingerprint density at radius 3 is 1.80 bits per heavy atom. The first-order valence-electron chi connectivity index (χ1n) is 4.94. The summed E-state index contributed by atoms with van der Waals surface area (Å²) in [7, 11) is 4.19. The van der Waals surface area contributed by atoms with Crippen LogP contribution in [0.15, 0.2) is 0 Å². The molecule has 0 unspecified atom stereocenters. The first kappa shape index (κ1) is 24.5. The van der Waals surface area contributed by atoms with Gasteiger partial charge >= 0.3 is 64.9 Å². The summed E-state index contributed by atoms with van der Waals surface area (Å²) in [5, 5.41) is 10.7. The van der Waals surface area contributed by atoms with Crippen molar-refractivity contribution in [1.29, 1.82) is 0 Å². The van der Waals surface area contributed by atoms with Gasteiger partial charge in [-0.1, -0.05) is 21.6 Å². The number of nitrogens with one attached hydrogen (secondary N) is 2. The van der Waals surface area contributed by atoms with Crippen LogP contribution in [0.2, 0.25) is 0 Å². The molecule has 2 amide bonds. The van der Waals surface area contributed by atoms with E-state index in [1.807, 2.05) is 0 Å². The Hall–Kier alpha value is 2.29. The summed E-state index contributed by atoms with van der Waals surface area (Å²) in [4.78, 5) is 21.5. The van der Waals surface area contributed by atoms with E-state index in [1.54, 1.807) is 0 Å². The number of hydrogen-bond donors (Lipinski definition) is 5. The van der Waals surface area contributed by atoms with E-state index in [0.717, 1.165) is 0 Å². The molecule has 13 heteroatoms. The molecule has 0 heterocycles. The molecule has 0 aliphatic heterocycles. The Labute approximate surface area is 163 Å². The third-order valence-electron chi connectivity index (χ3n) is 1.61. The van der Waals surface area contributed by atoms with Crippen molar-refractivity contribution in [1.82, 2.24) is 10.8 Å².